The van der Waals surface area contributed by atoms with E-state index in [2.05, 4.69) is 20.4 Å². The second-order valence-corrected chi connectivity index (χ2v) is 7.88. The van der Waals surface area contributed by atoms with Gasteiger partial charge in [-0.05, 0) is 66.1 Å². The molecule has 2 fully saturated rings. The molecule has 0 aromatic heterocycles. The first kappa shape index (κ1) is 18.2. The highest BCUT2D eigenvalue weighted by Crippen LogP contribution is 2.19. The minimum Gasteiger partial charge on any atom is -0.333 e. The number of likely N-dealkylation sites (tertiary alicyclic amines) is 2. The van der Waals surface area contributed by atoms with Crippen molar-refractivity contribution in [2.45, 2.75) is 64.5 Å². The summed E-state index contributed by atoms with van der Waals surface area (Å²) in [7, 11) is 0. The van der Waals surface area contributed by atoms with Gasteiger partial charge >= 0.3 is 6.03 Å². The predicted octanol–water partition coefficient (Wildman–Crippen LogP) is 1.56. The predicted molar refractivity (Wildman–Crippen MR) is 91.3 cm³/mol. The minimum atomic E-state index is -0.408. The number of rotatable bonds is 4. The highest BCUT2D eigenvalue weighted by molar-refractivity contribution is 5.95. The van der Waals surface area contributed by atoms with Crippen LogP contribution in [0, 0.1) is 0 Å². The molecule has 0 saturated carbocycles. The van der Waals surface area contributed by atoms with Gasteiger partial charge in [0.05, 0.1) is 6.54 Å². The van der Waals surface area contributed by atoms with Crippen LogP contribution in [-0.4, -0.2) is 66.0 Å². The lowest BCUT2D eigenvalue weighted by molar-refractivity contribution is -0.121. The van der Waals surface area contributed by atoms with Gasteiger partial charge in [-0.15, -0.1) is 0 Å². The van der Waals surface area contributed by atoms with Crippen molar-refractivity contribution in [3.05, 3.63) is 0 Å². The summed E-state index contributed by atoms with van der Waals surface area (Å²) in [6, 6.07) is 0.0406. The van der Waals surface area contributed by atoms with Gasteiger partial charge in [0.2, 0.25) is 5.91 Å². The smallest absolute Gasteiger partial charge is 0.321 e. The quantitative estimate of drug-likeness (QED) is 0.824. The first-order valence-corrected chi connectivity index (χ1v) is 8.92. The standard InChI is InChI=1S/C17H32N4O2/c1-17(2,3)19-16(23)18-15(22)13-21-11-7-8-14(21)12-20-9-5-4-6-10-20/h14H,4-13H2,1-3H3,(H2,18,19,22,23)/t14-/m0/s1. The van der Waals surface area contributed by atoms with Crippen LogP contribution in [0.1, 0.15) is 52.9 Å². The molecule has 1 atom stereocenters. The first-order valence-electron chi connectivity index (χ1n) is 8.92. The highest BCUT2D eigenvalue weighted by atomic mass is 16.2. The number of piperidine rings is 1. The zero-order valence-corrected chi connectivity index (χ0v) is 14.9. The van der Waals surface area contributed by atoms with Gasteiger partial charge in [-0.3, -0.25) is 15.0 Å². The lowest BCUT2D eigenvalue weighted by atomic mass is 10.1. The van der Waals surface area contributed by atoms with Crippen LogP contribution in [0.3, 0.4) is 0 Å². The Morgan fingerprint density at radius 1 is 1.04 bits per heavy atom. The fraction of sp³-hybridized carbons (Fsp3) is 0.882. The van der Waals surface area contributed by atoms with Crippen molar-refractivity contribution in [1.29, 1.82) is 0 Å². The van der Waals surface area contributed by atoms with Crippen molar-refractivity contribution in [2.24, 2.45) is 0 Å². The van der Waals surface area contributed by atoms with Gasteiger partial charge in [-0.25, -0.2) is 4.79 Å². The molecule has 6 heteroatoms. The maximum absolute atomic E-state index is 12.1. The topological polar surface area (TPSA) is 64.7 Å². The Kier molecular flexibility index (Phi) is 6.41. The summed E-state index contributed by atoms with van der Waals surface area (Å²) in [4.78, 5) is 28.6. The van der Waals surface area contributed by atoms with E-state index >= 15 is 0 Å². The van der Waals surface area contributed by atoms with Gasteiger partial charge in [0, 0.05) is 18.1 Å². The largest absolute Gasteiger partial charge is 0.333 e. The second-order valence-electron chi connectivity index (χ2n) is 7.88. The van der Waals surface area contributed by atoms with E-state index < -0.39 is 6.03 Å². The van der Waals surface area contributed by atoms with Crippen LogP contribution >= 0.6 is 0 Å². The number of nitrogens with zero attached hydrogens (tertiary/aromatic N) is 2. The number of hydrogen-bond acceptors (Lipinski definition) is 4. The highest BCUT2D eigenvalue weighted by Gasteiger charge is 2.28. The zero-order valence-electron chi connectivity index (χ0n) is 14.9. The van der Waals surface area contributed by atoms with Crippen molar-refractivity contribution in [3.63, 3.8) is 0 Å². The summed E-state index contributed by atoms with van der Waals surface area (Å²) < 4.78 is 0. The van der Waals surface area contributed by atoms with E-state index in [0.29, 0.717) is 12.6 Å². The molecule has 0 spiro atoms. The molecule has 2 aliphatic rings. The Balaban J connectivity index is 1.76. The molecule has 0 bridgehead atoms. The molecule has 0 aliphatic carbocycles. The summed E-state index contributed by atoms with van der Waals surface area (Å²) in [6.45, 7) is 10.4. The molecule has 2 rings (SSSR count). The summed E-state index contributed by atoms with van der Waals surface area (Å²) in [5.41, 5.74) is -0.338. The average Bonchev–Trinajstić information content (AvgIpc) is 2.84. The third-order valence-corrected chi connectivity index (χ3v) is 4.50. The molecule has 23 heavy (non-hydrogen) atoms. The van der Waals surface area contributed by atoms with Gasteiger partial charge in [0.15, 0.2) is 0 Å². The number of nitrogens with one attached hydrogen (secondary N) is 2. The number of hydrogen-bond donors (Lipinski definition) is 2. The van der Waals surface area contributed by atoms with Gasteiger partial charge in [-0.1, -0.05) is 6.42 Å². The molecule has 0 aromatic rings. The molecule has 6 nitrogen and oxygen atoms in total. The van der Waals surface area contributed by atoms with Crippen LogP contribution in [0.25, 0.3) is 0 Å². The van der Waals surface area contributed by atoms with Crippen LogP contribution in [0.15, 0.2) is 0 Å². The van der Waals surface area contributed by atoms with Crippen LogP contribution in [0.4, 0.5) is 4.79 Å². The Morgan fingerprint density at radius 2 is 1.74 bits per heavy atom. The first-order chi connectivity index (χ1) is 10.8. The molecule has 0 unspecified atom stereocenters. The molecule has 0 aromatic carbocycles. The Bertz CT molecular complexity index is 413. The van der Waals surface area contributed by atoms with Crippen molar-refractivity contribution in [1.82, 2.24) is 20.4 Å². The normalized spacial score (nSPS) is 23.7. The van der Waals surface area contributed by atoms with Crippen molar-refractivity contribution in [3.8, 4) is 0 Å². The van der Waals surface area contributed by atoms with E-state index in [1.165, 1.54) is 32.4 Å². The fourth-order valence-corrected chi connectivity index (χ4v) is 3.47. The van der Waals surface area contributed by atoms with Gasteiger partial charge < -0.3 is 10.2 Å². The van der Waals surface area contributed by atoms with E-state index in [1.54, 1.807) is 0 Å². The van der Waals surface area contributed by atoms with Crippen LogP contribution in [0.2, 0.25) is 0 Å². The zero-order chi connectivity index (χ0) is 16.9. The van der Waals surface area contributed by atoms with Crippen LogP contribution in [-0.2, 0) is 4.79 Å². The number of amides is 3. The third kappa shape index (κ3) is 6.47. The number of urea groups is 1. The van der Waals surface area contributed by atoms with Gasteiger partial charge in [0.1, 0.15) is 0 Å². The summed E-state index contributed by atoms with van der Waals surface area (Å²) in [5, 5.41) is 5.20. The number of carbonyl (C=O) groups is 2. The molecule has 2 N–H and O–H groups in total. The summed E-state index contributed by atoms with van der Waals surface area (Å²) in [5.74, 6) is -0.211. The second kappa shape index (κ2) is 8.11. The van der Waals surface area contributed by atoms with Crippen LogP contribution < -0.4 is 10.6 Å². The summed E-state index contributed by atoms with van der Waals surface area (Å²) in [6.07, 6.45) is 6.22. The van der Waals surface area contributed by atoms with E-state index in [-0.39, 0.29) is 11.4 Å². The summed E-state index contributed by atoms with van der Waals surface area (Å²) >= 11 is 0. The molecule has 0 radical (unpaired) electrons. The van der Waals surface area contributed by atoms with Crippen molar-refractivity contribution in [2.75, 3.05) is 32.7 Å². The van der Waals surface area contributed by atoms with Crippen molar-refractivity contribution >= 4 is 11.9 Å². The van der Waals surface area contributed by atoms with Gasteiger partial charge in [0.25, 0.3) is 0 Å². The Labute approximate surface area is 140 Å². The number of carbonyl (C=O) groups excluding carboxylic acids is 2. The molecular weight excluding hydrogens is 292 g/mol. The monoisotopic (exact) mass is 324 g/mol. The Morgan fingerprint density at radius 3 is 2.39 bits per heavy atom. The van der Waals surface area contributed by atoms with E-state index in [0.717, 1.165) is 25.9 Å². The maximum Gasteiger partial charge on any atom is 0.321 e. The molecule has 2 aliphatic heterocycles. The average molecular weight is 324 g/mol. The molecule has 2 heterocycles. The molecular formula is C17H32N4O2. The lowest BCUT2D eigenvalue weighted by Gasteiger charge is -2.32. The molecule has 132 valence electrons. The third-order valence-electron chi connectivity index (χ3n) is 4.50. The van der Waals surface area contributed by atoms with Gasteiger partial charge in [-0.2, -0.15) is 0 Å². The van der Waals surface area contributed by atoms with E-state index in [9.17, 15) is 9.59 Å². The van der Waals surface area contributed by atoms with Crippen molar-refractivity contribution < 1.29 is 9.59 Å². The molecule has 3 amide bonds. The Hall–Kier alpha value is -1.14. The molecule has 2 saturated heterocycles. The maximum atomic E-state index is 12.1. The van der Waals surface area contributed by atoms with Crippen LogP contribution in [0.5, 0.6) is 0 Å². The minimum absolute atomic E-state index is 0.211. The van der Waals surface area contributed by atoms with E-state index in [1.807, 2.05) is 20.8 Å². The lowest BCUT2D eigenvalue weighted by Crippen LogP contribution is -2.51. The fourth-order valence-electron chi connectivity index (χ4n) is 3.47. The van der Waals surface area contributed by atoms with E-state index in [4.69, 9.17) is 0 Å². The number of imide groups is 1. The SMILES string of the molecule is CC(C)(C)NC(=O)NC(=O)CN1CCC[C@H]1CN1CCCCC1.